The molecule has 0 radical (unpaired) electrons. The van der Waals surface area contributed by atoms with Crippen LogP contribution in [0.3, 0.4) is 0 Å². The van der Waals surface area contributed by atoms with Crippen molar-refractivity contribution >= 4 is 39.3 Å². The van der Waals surface area contributed by atoms with Gasteiger partial charge in [0.15, 0.2) is 5.16 Å². The number of hydrogen-bond donors (Lipinski definition) is 2. The van der Waals surface area contributed by atoms with E-state index < -0.39 is 5.97 Å². The number of aliphatic carboxylic acids is 1. The van der Waals surface area contributed by atoms with Gasteiger partial charge in [-0.1, -0.05) is 41.6 Å². The third kappa shape index (κ3) is 3.68. The van der Waals surface area contributed by atoms with Crippen molar-refractivity contribution in [3.05, 3.63) is 45.6 Å². The summed E-state index contributed by atoms with van der Waals surface area (Å²) in [4.78, 5) is 31.0. The Balaban J connectivity index is 1.87. The number of nitrogens with zero attached hydrogens (tertiary/aromatic N) is 1. The molecule has 0 atom stereocenters. The predicted molar refractivity (Wildman–Crippen MR) is 98.0 cm³/mol. The number of thioether (sulfide) groups is 1. The Kier molecular flexibility index (Phi) is 5.01. The number of nitrogens with one attached hydrogen (secondary N) is 1. The summed E-state index contributed by atoms with van der Waals surface area (Å²) in [6.45, 7) is 2.03. The number of carboxylic acid groups (broad SMARTS) is 1. The zero-order valence-electron chi connectivity index (χ0n) is 13.0. The molecule has 5 nitrogen and oxygen atoms in total. The molecule has 3 rings (SSSR count). The molecule has 0 spiro atoms. The van der Waals surface area contributed by atoms with E-state index in [2.05, 4.69) is 9.97 Å². The fourth-order valence-electron chi connectivity index (χ4n) is 2.34. The molecule has 7 heteroatoms. The van der Waals surface area contributed by atoms with Crippen LogP contribution in [0.4, 0.5) is 0 Å². The van der Waals surface area contributed by atoms with E-state index in [1.807, 2.05) is 36.6 Å². The summed E-state index contributed by atoms with van der Waals surface area (Å²) >= 11 is 2.82. The first-order valence-electron chi connectivity index (χ1n) is 7.48. The number of aryl methyl sites for hydroxylation is 1. The molecule has 0 aliphatic heterocycles. The number of thiophene rings is 1. The van der Waals surface area contributed by atoms with Crippen LogP contribution >= 0.6 is 23.1 Å². The Morgan fingerprint density at radius 2 is 2.08 bits per heavy atom. The lowest BCUT2D eigenvalue weighted by molar-refractivity contribution is -0.137. The van der Waals surface area contributed by atoms with Gasteiger partial charge in [0.2, 0.25) is 0 Å². The maximum absolute atomic E-state index is 12.5. The molecule has 2 heterocycles. The zero-order valence-corrected chi connectivity index (χ0v) is 14.7. The van der Waals surface area contributed by atoms with Gasteiger partial charge in [0, 0.05) is 23.1 Å². The van der Waals surface area contributed by atoms with E-state index in [4.69, 9.17) is 5.11 Å². The lowest BCUT2D eigenvalue weighted by Gasteiger charge is -2.02. The normalized spacial score (nSPS) is 11.0. The van der Waals surface area contributed by atoms with Crippen molar-refractivity contribution in [2.24, 2.45) is 0 Å². The molecule has 0 saturated heterocycles. The molecule has 124 valence electrons. The highest BCUT2D eigenvalue weighted by atomic mass is 32.2. The summed E-state index contributed by atoms with van der Waals surface area (Å²) in [6.07, 6.45) is 0.664. The van der Waals surface area contributed by atoms with Gasteiger partial charge in [-0.2, -0.15) is 0 Å². The third-order valence-electron chi connectivity index (χ3n) is 3.56. The van der Waals surface area contributed by atoms with Crippen molar-refractivity contribution in [2.75, 3.05) is 5.75 Å². The van der Waals surface area contributed by atoms with Crippen LogP contribution in [-0.2, 0) is 4.79 Å². The highest BCUT2D eigenvalue weighted by Crippen LogP contribution is 2.31. The molecule has 0 aliphatic carbocycles. The standard InChI is InChI=1S/C17H16N2O3S2/c1-10-4-6-11(7-5-10)12-9-24-16-14(12)15(22)18-17(19-16)23-8-2-3-13(20)21/h4-7,9H,2-3,8H2,1H3,(H,20,21)(H,18,19,22). The van der Waals surface area contributed by atoms with Crippen molar-refractivity contribution < 1.29 is 9.90 Å². The van der Waals surface area contributed by atoms with Gasteiger partial charge in [0.1, 0.15) is 4.83 Å². The van der Waals surface area contributed by atoms with Crippen molar-refractivity contribution in [2.45, 2.75) is 24.9 Å². The number of rotatable bonds is 6. The van der Waals surface area contributed by atoms with Crippen molar-refractivity contribution in [3.8, 4) is 11.1 Å². The molecule has 0 aliphatic rings. The Bertz CT molecular complexity index is 929. The Morgan fingerprint density at radius 1 is 1.33 bits per heavy atom. The van der Waals surface area contributed by atoms with Gasteiger partial charge in [-0.05, 0) is 18.9 Å². The number of hydrogen-bond acceptors (Lipinski definition) is 5. The Morgan fingerprint density at radius 3 is 2.79 bits per heavy atom. The van der Waals surface area contributed by atoms with E-state index >= 15 is 0 Å². The fourth-order valence-corrected chi connectivity index (χ4v) is 4.14. The zero-order chi connectivity index (χ0) is 17.1. The second-order valence-corrected chi connectivity index (χ2v) is 7.35. The molecule has 0 amide bonds. The lowest BCUT2D eigenvalue weighted by atomic mass is 10.1. The van der Waals surface area contributed by atoms with Gasteiger partial charge in [-0.15, -0.1) is 11.3 Å². The number of carboxylic acids is 1. The lowest BCUT2D eigenvalue weighted by Crippen LogP contribution is -2.08. The topological polar surface area (TPSA) is 83.0 Å². The second-order valence-electron chi connectivity index (χ2n) is 5.41. The highest BCUT2D eigenvalue weighted by molar-refractivity contribution is 7.99. The average Bonchev–Trinajstić information content (AvgIpc) is 2.97. The maximum atomic E-state index is 12.5. The summed E-state index contributed by atoms with van der Waals surface area (Å²) < 4.78 is 0. The summed E-state index contributed by atoms with van der Waals surface area (Å²) in [6, 6.07) is 8.05. The van der Waals surface area contributed by atoms with Crippen LogP contribution in [0.2, 0.25) is 0 Å². The van der Waals surface area contributed by atoms with E-state index in [1.165, 1.54) is 28.7 Å². The molecule has 0 unspecified atom stereocenters. The number of benzene rings is 1. The molecule has 2 aromatic heterocycles. The van der Waals surface area contributed by atoms with Crippen LogP contribution in [0, 0.1) is 6.92 Å². The summed E-state index contributed by atoms with van der Waals surface area (Å²) in [5.74, 6) is -0.203. The summed E-state index contributed by atoms with van der Waals surface area (Å²) in [5, 5.41) is 11.7. The first kappa shape index (κ1) is 16.7. The van der Waals surface area contributed by atoms with Gasteiger partial charge in [0.25, 0.3) is 5.56 Å². The van der Waals surface area contributed by atoms with Crippen LogP contribution < -0.4 is 5.56 Å². The minimum atomic E-state index is -0.812. The van der Waals surface area contributed by atoms with E-state index in [0.717, 1.165) is 11.1 Å². The van der Waals surface area contributed by atoms with Gasteiger partial charge in [-0.25, -0.2) is 4.98 Å². The van der Waals surface area contributed by atoms with Crippen molar-refractivity contribution in [1.82, 2.24) is 9.97 Å². The first-order valence-corrected chi connectivity index (χ1v) is 9.34. The van der Waals surface area contributed by atoms with Crippen LogP contribution in [0.1, 0.15) is 18.4 Å². The largest absolute Gasteiger partial charge is 0.481 e. The van der Waals surface area contributed by atoms with Crippen LogP contribution in [-0.4, -0.2) is 26.8 Å². The number of H-pyrrole nitrogens is 1. The molecular formula is C17H16N2O3S2. The quantitative estimate of drug-likeness (QED) is 0.395. The minimum absolute atomic E-state index is 0.121. The third-order valence-corrected chi connectivity index (χ3v) is 5.39. The number of carbonyl (C=O) groups is 1. The maximum Gasteiger partial charge on any atom is 0.303 e. The number of aromatic nitrogens is 2. The molecule has 0 bridgehead atoms. The summed E-state index contributed by atoms with van der Waals surface area (Å²) in [5.41, 5.74) is 2.91. The Hall–Kier alpha value is -2.12. The SMILES string of the molecule is Cc1ccc(-c2csc3nc(SCCCC(=O)O)[nH]c(=O)c23)cc1. The molecule has 0 fully saturated rings. The fraction of sp³-hybridized carbons (Fsp3) is 0.235. The van der Waals surface area contributed by atoms with E-state index in [-0.39, 0.29) is 12.0 Å². The van der Waals surface area contributed by atoms with E-state index in [1.54, 1.807) is 0 Å². The first-order chi connectivity index (χ1) is 11.5. The monoisotopic (exact) mass is 360 g/mol. The Labute approximate surface area is 146 Å². The molecule has 2 N–H and O–H groups in total. The molecule has 24 heavy (non-hydrogen) atoms. The molecular weight excluding hydrogens is 344 g/mol. The number of fused-ring (bicyclic) bond motifs is 1. The van der Waals surface area contributed by atoms with Crippen molar-refractivity contribution in [1.29, 1.82) is 0 Å². The van der Waals surface area contributed by atoms with Gasteiger partial charge >= 0.3 is 5.97 Å². The van der Waals surface area contributed by atoms with Crippen LogP contribution in [0.5, 0.6) is 0 Å². The number of aromatic amines is 1. The average molecular weight is 360 g/mol. The smallest absolute Gasteiger partial charge is 0.303 e. The minimum Gasteiger partial charge on any atom is -0.481 e. The van der Waals surface area contributed by atoms with Crippen LogP contribution in [0.15, 0.2) is 39.6 Å². The predicted octanol–water partition coefficient (Wildman–Crippen LogP) is 3.92. The van der Waals surface area contributed by atoms with Gasteiger partial charge < -0.3 is 10.1 Å². The van der Waals surface area contributed by atoms with Gasteiger partial charge in [-0.3, -0.25) is 9.59 Å². The highest BCUT2D eigenvalue weighted by Gasteiger charge is 2.13. The molecule has 1 aromatic carbocycles. The second kappa shape index (κ2) is 7.19. The molecule has 0 saturated carbocycles. The van der Waals surface area contributed by atoms with E-state index in [9.17, 15) is 9.59 Å². The van der Waals surface area contributed by atoms with Gasteiger partial charge in [0.05, 0.1) is 5.39 Å². The van der Waals surface area contributed by atoms with E-state index in [0.29, 0.717) is 27.5 Å². The van der Waals surface area contributed by atoms with Crippen LogP contribution in [0.25, 0.3) is 21.3 Å². The molecule has 3 aromatic rings. The summed E-state index contributed by atoms with van der Waals surface area (Å²) in [7, 11) is 0. The van der Waals surface area contributed by atoms with Crippen molar-refractivity contribution in [3.63, 3.8) is 0 Å².